The first-order valence-electron chi connectivity index (χ1n) is 2.82. The predicted octanol–water partition coefficient (Wildman–Crippen LogP) is 2.45. The first-order valence-corrected chi connectivity index (χ1v) is 3.20. The highest BCUT2D eigenvalue weighted by Gasteiger charge is 2.12. The largest absolute Gasteiger partial charge is 0.410 e. The normalized spacial score (nSPS) is 14.0. The maximum atomic E-state index is 8.15. The molecule has 0 spiro atoms. The molecule has 2 nitrogen and oxygen atoms in total. The number of hydrogen-bond donors (Lipinski definition) is 1. The quantitative estimate of drug-likeness (QED) is 0.347. The Labute approximate surface area is 60.5 Å². The van der Waals surface area contributed by atoms with Crippen LogP contribution in [0.4, 0.5) is 0 Å². The number of oxime groups is 1. The van der Waals surface area contributed by atoms with Crippen molar-refractivity contribution in [1.82, 2.24) is 0 Å². The molecule has 0 saturated carbocycles. The van der Waals surface area contributed by atoms with E-state index >= 15 is 0 Å². The van der Waals surface area contributed by atoms with E-state index in [1.54, 1.807) is 0 Å². The summed E-state index contributed by atoms with van der Waals surface area (Å²) in [5, 5.41) is 11.3. The van der Waals surface area contributed by atoms with Crippen molar-refractivity contribution in [3.8, 4) is 0 Å². The lowest BCUT2D eigenvalue weighted by molar-refractivity contribution is 0.315. The number of halogens is 1. The van der Waals surface area contributed by atoms with Crippen LogP contribution in [0.3, 0.4) is 0 Å². The maximum absolute atomic E-state index is 8.15. The van der Waals surface area contributed by atoms with Gasteiger partial charge in [-0.3, -0.25) is 0 Å². The second-order valence-corrected chi connectivity index (χ2v) is 3.65. The van der Waals surface area contributed by atoms with Crippen molar-refractivity contribution >= 4 is 16.8 Å². The second-order valence-electron chi connectivity index (χ2n) is 3.21. The summed E-state index contributed by atoms with van der Waals surface area (Å²) in [4.78, 5) is 0. The number of hydrogen-bond acceptors (Lipinski definition) is 2. The van der Waals surface area contributed by atoms with Gasteiger partial charge in [-0.1, -0.05) is 37.5 Å². The van der Waals surface area contributed by atoms with Gasteiger partial charge in [0.15, 0.2) is 0 Å². The van der Waals surface area contributed by atoms with Crippen LogP contribution in [0.2, 0.25) is 0 Å². The minimum absolute atomic E-state index is 0.101. The van der Waals surface area contributed by atoms with Crippen molar-refractivity contribution < 1.29 is 5.21 Å². The van der Waals surface area contributed by atoms with Gasteiger partial charge < -0.3 is 5.21 Å². The van der Waals surface area contributed by atoms with Crippen molar-refractivity contribution in [2.24, 2.45) is 10.6 Å². The fourth-order valence-electron chi connectivity index (χ4n) is 0.473. The zero-order chi connectivity index (χ0) is 7.49. The number of rotatable bonds is 1. The van der Waals surface area contributed by atoms with Gasteiger partial charge in [-0.25, -0.2) is 0 Å². The van der Waals surface area contributed by atoms with Crippen LogP contribution in [0.15, 0.2) is 5.16 Å². The number of nitrogens with zero attached hydrogens (tertiary/aromatic N) is 1. The average molecular weight is 150 g/mol. The van der Waals surface area contributed by atoms with E-state index in [1.807, 2.05) is 20.8 Å². The molecule has 1 N–H and O–H groups in total. The molecule has 0 radical (unpaired) electrons. The highest BCUT2D eigenvalue weighted by molar-refractivity contribution is 6.65. The van der Waals surface area contributed by atoms with Gasteiger partial charge in [-0.15, -0.1) is 0 Å². The Balaban J connectivity index is 3.75. The van der Waals surface area contributed by atoms with Gasteiger partial charge in [0.05, 0.1) is 0 Å². The first kappa shape index (κ1) is 8.76. The molecule has 54 valence electrons. The maximum Gasteiger partial charge on any atom is 0.145 e. The summed E-state index contributed by atoms with van der Waals surface area (Å²) in [5.41, 5.74) is 0.101. The zero-order valence-electron chi connectivity index (χ0n) is 5.98. The SMILES string of the molecule is CC(C)(C)C/C(Cl)=N/O. The van der Waals surface area contributed by atoms with Gasteiger partial charge in [0.2, 0.25) is 0 Å². The Hall–Kier alpha value is -0.240. The van der Waals surface area contributed by atoms with E-state index in [-0.39, 0.29) is 10.6 Å². The van der Waals surface area contributed by atoms with E-state index in [0.717, 1.165) is 0 Å². The predicted molar refractivity (Wildman–Crippen MR) is 39.1 cm³/mol. The molecule has 0 aliphatic heterocycles. The molecule has 0 aromatic heterocycles. The van der Waals surface area contributed by atoms with Gasteiger partial charge >= 0.3 is 0 Å². The lowest BCUT2D eigenvalue weighted by Crippen LogP contribution is -2.08. The van der Waals surface area contributed by atoms with Gasteiger partial charge in [-0.05, 0) is 5.41 Å². The first-order chi connectivity index (χ1) is 3.95. The molecule has 0 aromatic carbocycles. The second kappa shape index (κ2) is 3.06. The minimum Gasteiger partial charge on any atom is -0.410 e. The van der Waals surface area contributed by atoms with Crippen LogP contribution in [-0.2, 0) is 0 Å². The molecule has 3 heteroatoms. The molecule has 0 fully saturated rings. The summed E-state index contributed by atoms with van der Waals surface area (Å²) < 4.78 is 0. The molecule has 0 heterocycles. The molecule has 0 bridgehead atoms. The van der Waals surface area contributed by atoms with Crippen LogP contribution in [0, 0.1) is 5.41 Å². The van der Waals surface area contributed by atoms with Gasteiger partial charge in [0.1, 0.15) is 5.17 Å². The van der Waals surface area contributed by atoms with Crippen LogP contribution in [0.1, 0.15) is 27.2 Å². The molecule has 9 heavy (non-hydrogen) atoms. The van der Waals surface area contributed by atoms with Gasteiger partial charge in [0, 0.05) is 6.42 Å². The minimum atomic E-state index is 0.101. The molecule has 0 aliphatic rings. The van der Waals surface area contributed by atoms with E-state index < -0.39 is 0 Å². The third-order valence-electron chi connectivity index (χ3n) is 0.785. The highest BCUT2D eigenvalue weighted by atomic mass is 35.5. The van der Waals surface area contributed by atoms with Crippen LogP contribution in [-0.4, -0.2) is 10.4 Å². The van der Waals surface area contributed by atoms with Gasteiger partial charge in [-0.2, -0.15) is 0 Å². The Bertz CT molecular complexity index is 115. The molecule has 0 aliphatic carbocycles. The van der Waals surface area contributed by atoms with Crippen molar-refractivity contribution in [3.63, 3.8) is 0 Å². The van der Waals surface area contributed by atoms with E-state index in [2.05, 4.69) is 5.16 Å². The van der Waals surface area contributed by atoms with Crippen LogP contribution in [0.25, 0.3) is 0 Å². The van der Waals surface area contributed by atoms with Crippen molar-refractivity contribution in [2.75, 3.05) is 0 Å². The van der Waals surface area contributed by atoms with Crippen LogP contribution in [0.5, 0.6) is 0 Å². The smallest absolute Gasteiger partial charge is 0.145 e. The summed E-state index contributed by atoms with van der Waals surface area (Å²) in [5.74, 6) is 0. The van der Waals surface area contributed by atoms with Crippen molar-refractivity contribution in [2.45, 2.75) is 27.2 Å². The fourth-order valence-corrected chi connectivity index (χ4v) is 0.874. The summed E-state index contributed by atoms with van der Waals surface area (Å²) in [6, 6.07) is 0. The van der Waals surface area contributed by atoms with E-state index in [0.29, 0.717) is 6.42 Å². The topological polar surface area (TPSA) is 32.6 Å². The van der Waals surface area contributed by atoms with Crippen LogP contribution >= 0.6 is 11.6 Å². The third-order valence-corrected chi connectivity index (χ3v) is 0.994. The molecule has 0 atom stereocenters. The fraction of sp³-hybridized carbons (Fsp3) is 0.833. The molecule has 0 saturated heterocycles. The van der Waals surface area contributed by atoms with Crippen molar-refractivity contribution in [1.29, 1.82) is 0 Å². The Morgan fingerprint density at radius 3 is 2.11 bits per heavy atom. The monoisotopic (exact) mass is 149 g/mol. The molecule has 0 rings (SSSR count). The Morgan fingerprint density at radius 2 is 2.00 bits per heavy atom. The summed E-state index contributed by atoms with van der Waals surface area (Å²) >= 11 is 5.45. The Kier molecular flexibility index (Phi) is 2.98. The molecular weight excluding hydrogens is 138 g/mol. The summed E-state index contributed by atoms with van der Waals surface area (Å²) in [6.45, 7) is 6.08. The molecule has 0 amide bonds. The lowest BCUT2D eigenvalue weighted by atomic mass is 9.93. The van der Waals surface area contributed by atoms with Crippen LogP contribution < -0.4 is 0 Å². The van der Waals surface area contributed by atoms with E-state index in [4.69, 9.17) is 16.8 Å². The average Bonchev–Trinajstić information content (AvgIpc) is 1.62. The van der Waals surface area contributed by atoms with Crippen molar-refractivity contribution in [3.05, 3.63) is 0 Å². The molecule has 0 unspecified atom stereocenters. The van der Waals surface area contributed by atoms with E-state index in [1.165, 1.54) is 0 Å². The highest BCUT2D eigenvalue weighted by Crippen LogP contribution is 2.20. The third kappa shape index (κ3) is 5.63. The molecule has 0 aromatic rings. The zero-order valence-corrected chi connectivity index (χ0v) is 6.74. The lowest BCUT2D eigenvalue weighted by Gasteiger charge is -2.14. The standard InChI is InChI=1S/C6H12ClNO/c1-6(2,3)4-5(7)8-9/h9H,4H2,1-3H3/b8-5-. The Morgan fingerprint density at radius 1 is 1.56 bits per heavy atom. The molecular formula is C6H12ClNO. The van der Waals surface area contributed by atoms with E-state index in [9.17, 15) is 0 Å². The summed E-state index contributed by atoms with van der Waals surface area (Å²) in [7, 11) is 0. The summed E-state index contributed by atoms with van der Waals surface area (Å²) in [6.07, 6.45) is 0.616. The van der Waals surface area contributed by atoms with Gasteiger partial charge in [0.25, 0.3) is 0 Å².